The summed E-state index contributed by atoms with van der Waals surface area (Å²) in [6.45, 7) is 0. The molecule has 5 nitrogen and oxygen atoms in total. The zero-order valence-corrected chi connectivity index (χ0v) is 7.08. The van der Waals surface area contributed by atoms with Gasteiger partial charge in [-0.05, 0) is 6.07 Å². The van der Waals surface area contributed by atoms with E-state index in [1.165, 1.54) is 0 Å². The fourth-order valence-corrected chi connectivity index (χ4v) is 0.979. The number of nitrogens with zero attached hydrogens (tertiary/aromatic N) is 4. The summed E-state index contributed by atoms with van der Waals surface area (Å²) in [6, 6.07) is 3.60. The van der Waals surface area contributed by atoms with Crippen LogP contribution in [0.1, 0.15) is 0 Å². The second-order valence-electron chi connectivity index (χ2n) is 2.40. The van der Waals surface area contributed by atoms with Crippen LogP contribution in [0.3, 0.4) is 0 Å². The van der Waals surface area contributed by atoms with Crippen LogP contribution in [0.25, 0.3) is 5.69 Å². The second kappa shape index (κ2) is 3.22. The van der Waals surface area contributed by atoms with Crippen LogP contribution in [0.5, 0.6) is 5.88 Å². The fourth-order valence-electron chi connectivity index (χ4n) is 0.979. The van der Waals surface area contributed by atoms with E-state index in [-0.39, 0.29) is 0 Å². The minimum Gasteiger partial charge on any atom is -0.480 e. The van der Waals surface area contributed by atoms with E-state index in [1.807, 2.05) is 6.07 Å². The van der Waals surface area contributed by atoms with E-state index in [0.29, 0.717) is 5.88 Å². The van der Waals surface area contributed by atoms with Crippen LogP contribution in [0.2, 0.25) is 0 Å². The predicted octanol–water partition coefficient (Wildman–Crippen LogP) is 0.671. The Kier molecular flexibility index (Phi) is 1.91. The van der Waals surface area contributed by atoms with E-state index < -0.39 is 0 Å². The molecular weight excluding hydrogens is 168 g/mol. The van der Waals surface area contributed by atoms with Crippen molar-refractivity contribution in [3.8, 4) is 11.6 Å². The zero-order chi connectivity index (χ0) is 9.10. The monoisotopic (exact) mass is 176 g/mol. The van der Waals surface area contributed by atoms with Gasteiger partial charge in [0.05, 0.1) is 25.2 Å². The molecule has 0 aromatic carbocycles. The smallest absolute Gasteiger partial charge is 0.232 e. The summed E-state index contributed by atoms with van der Waals surface area (Å²) in [7, 11) is 1.58. The molecule has 0 unspecified atom stereocenters. The molecule has 0 aliphatic heterocycles. The van der Waals surface area contributed by atoms with E-state index in [9.17, 15) is 0 Å². The number of methoxy groups -OCH3 is 1. The van der Waals surface area contributed by atoms with E-state index >= 15 is 0 Å². The molecule has 0 bridgehead atoms. The van der Waals surface area contributed by atoms with E-state index in [1.54, 1.807) is 36.4 Å². The summed E-state index contributed by atoms with van der Waals surface area (Å²) in [5.74, 6) is 0.580. The summed E-state index contributed by atoms with van der Waals surface area (Å²) < 4.78 is 6.62. The Morgan fingerprint density at radius 1 is 1.31 bits per heavy atom. The highest BCUT2D eigenvalue weighted by Gasteiger charge is 1.99. The number of rotatable bonds is 2. The Labute approximate surface area is 75.0 Å². The number of aromatic nitrogens is 4. The molecule has 0 aliphatic rings. The van der Waals surface area contributed by atoms with Crippen molar-refractivity contribution < 1.29 is 4.74 Å². The summed E-state index contributed by atoms with van der Waals surface area (Å²) in [5, 5.41) is 11.5. The van der Waals surface area contributed by atoms with Gasteiger partial charge < -0.3 is 4.74 Å². The molecule has 0 aliphatic carbocycles. The van der Waals surface area contributed by atoms with Crippen LogP contribution in [-0.4, -0.2) is 27.1 Å². The molecule has 0 spiro atoms. The standard InChI is InChI=1S/C8H8N4O/c1-13-8-3-5-12(11-8)7-2-4-9-10-6-7/h2-6H,1H3. The SMILES string of the molecule is COc1ccn(-c2ccnnc2)n1. The van der Waals surface area contributed by atoms with Gasteiger partial charge in [0.2, 0.25) is 5.88 Å². The maximum atomic E-state index is 4.95. The van der Waals surface area contributed by atoms with E-state index in [2.05, 4.69) is 15.3 Å². The number of hydrogen-bond donors (Lipinski definition) is 0. The maximum absolute atomic E-state index is 4.95. The molecule has 2 rings (SSSR count). The topological polar surface area (TPSA) is 52.8 Å². The average Bonchev–Trinajstić information content (AvgIpc) is 2.67. The van der Waals surface area contributed by atoms with E-state index in [4.69, 9.17) is 4.74 Å². The van der Waals surface area contributed by atoms with Gasteiger partial charge in [-0.1, -0.05) is 0 Å². The largest absolute Gasteiger partial charge is 0.480 e. The molecule has 0 radical (unpaired) electrons. The van der Waals surface area contributed by atoms with Crippen molar-refractivity contribution in [3.05, 3.63) is 30.7 Å². The fraction of sp³-hybridized carbons (Fsp3) is 0.125. The third-order valence-corrected chi connectivity index (χ3v) is 1.61. The van der Waals surface area contributed by atoms with Gasteiger partial charge >= 0.3 is 0 Å². The molecule has 5 heteroatoms. The van der Waals surface area contributed by atoms with Crippen LogP contribution in [-0.2, 0) is 0 Å². The van der Waals surface area contributed by atoms with Crippen molar-refractivity contribution in [2.24, 2.45) is 0 Å². The van der Waals surface area contributed by atoms with Gasteiger partial charge in [-0.15, -0.1) is 5.10 Å². The Balaban J connectivity index is 2.36. The molecule has 0 saturated carbocycles. The predicted molar refractivity (Wildman–Crippen MR) is 45.7 cm³/mol. The van der Waals surface area contributed by atoms with Gasteiger partial charge in [-0.2, -0.15) is 10.2 Å². The van der Waals surface area contributed by atoms with Crippen molar-refractivity contribution >= 4 is 0 Å². The summed E-state index contributed by atoms with van der Waals surface area (Å²) in [6.07, 6.45) is 5.05. The third-order valence-electron chi connectivity index (χ3n) is 1.61. The first kappa shape index (κ1) is 7.72. The van der Waals surface area contributed by atoms with Gasteiger partial charge in [0, 0.05) is 12.3 Å². The van der Waals surface area contributed by atoms with Gasteiger partial charge in [0.15, 0.2) is 0 Å². The normalized spacial score (nSPS) is 9.92. The number of ether oxygens (including phenoxy) is 1. The highest BCUT2D eigenvalue weighted by Crippen LogP contribution is 2.08. The minimum atomic E-state index is 0.580. The summed E-state index contributed by atoms with van der Waals surface area (Å²) >= 11 is 0. The van der Waals surface area contributed by atoms with Crippen molar-refractivity contribution in [1.82, 2.24) is 20.0 Å². The number of hydrogen-bond acceptors (Lipinski definition) is 4. The summed E-state index contributed by atoms with van der Waals surface area (Å²) in [4.78, 5) is 0. The van der Waals surface area contributed by atoms with Crippen LogP contribution >= 0.6 is 0 Å². The van der Waals surface area contributed by atoms with Crippen molar-refractivity contribution in [1.29, 1.82) is 0 Å². The zero-order valence-electron chi connectivity index (χ0n) is 7.08. The quantitative estimate of drug-likeness (QED) is 0.674. The Hall–Kier alpha value is -1.91. The molecule has 2 aromatic heterocycles. The van der Waals surface area contributed by atoms with Gasteiger partial charge in [0.25, 0.3) is 0 Å². The third kappa shape index (κ3) is 1.48. The lowest BCUT2D eigenvalue weighted by molar-refractivity contribution is 0.394. The van der Waals surface area contributed by atoms with Crippen LogP contribution < -0.4 is 4.74 Å². The lowest BCUT2D eigenvalue weighted by atomic mass is 10.5. The molecule has 13 heavy (non-hydrogen) atoms. The molecule has 2 aromatic rings. The van der Waals surface area contributed by atoms with Gasteiger partial charge in [-0.3, -0.25) is 0 Å². The van der Waals surface area contributed by atoms with Gasteiger partial charge in [0.1, 0.15) is 0 Å². The minimum absolute atomic E-state index is 0.580. The molecule has 0 atom stereocenters. The molecular formula is C8H8N4O. The average molecular weight is 176 g/mol. The first-order chi connectivity index (χ1) is 6.40. The Morgan fingerprint density at radius 3 is 2.85 bits per heavy atom. The highest BCUT2D eigenvalue weighted by atomic mass is 16.5. The lowest BCUT2D eigenvalue weighted by Crippen LogP contribution is -1.96. The first-order valence-electron chi connectivity index (χ1n) is 3.77. The van der Waals surface area contributed by atoms with Crippen molar-refractivity contribution in [2.75, 3.05) is 7.11 Å². The molecule has 2 heterocycles. The Bertz CT molecular complexity index is 384. The lowest BCUT2D eigenvalue weighted by Gasteiger charge is -1.97. The van der Waals surface area contributed by atoms with Crippen LogP contribution in [0, 0.1) is 0 Å². The van der Waals surface area contributed by atoms with Gasteiger partial charge in [-0.25, -0.2) is 4.68 Å². The van der Waals surface area contributed by atoms with Crippen molar-refractivity contribution in [2.45, 2.75) is 0 Å². The van der Waals surface area contributed by atoms with E-state index in [0.717, 1.165) is 5.69 Å². The molecule has 0 saturated heterocycles. The maximum Gasteiger partial charge on any atom is 0.232 e. The Morgan fingerprint density at radius 2 is 2.23 bits per heavy atom. The first-order valence-corrected chi connectivity index (χ1v) is 3.77. The van der Waals surface area contributed by atoms with Crippen LogP contribution in [0.4, 0.5) is 0 Å². The van der Waals surface area contributed by atoms with Crippen LogP contribution in [0.15, 0.2) is 30.7 Å². The molecule has 0 amide bonds. The van der Waals surface area contributed by atoms with Crippen molar-refractivity contribution in [3.63, 3.8) is 0 Å². The molecule has 0 N–H and O–H groups in total. The molecule has 66 valence electrons. The highest BCUT2D eigenvalue weighted by molar-refractivity contribution is 5.26. The summed E-state index contributed by atoms with van der Waals surface area (Å²) in [5.41, 5.74) is 0.860. The second-order valence-corrected chi connectivity index (χ2v) is 2.40. The molecule has 0 fully saturated rings.